The van der Waals surface area contributed by atoms with E-state index in [1.807, 2.05) is 0 Å². The molecule has 1 saturated carbocycles. The lowest BCUT2D eigenvalue weighted by Crippen LogP contribution is -2.70. The molecule has 48 heavy (non-hydrogen) atoms. The predicted molar refractivity (Wildman–Crippen MR) is 191 cm³/mol. The molecule has 3 aliphatic heterocycles. The highest BCUT2D eigenvalue weighted by Crippen LogP contribution is 2.77. The lowest BCUT2D eigenvalue weighted by atomic mass is 9.67. The van der Waals surface area contributed by atoms with E-state index < -0.39 is 0 Å². The Morgan fingerprint density at radius 3 is 1.50 bits per heavy atom. The first-order valence-corrected chi connectivity index (χ1v) is 17.5. The summed E-state index contributed by atoms with van der Waals surface area (Å²) in [4.78, 5) is 2.62. The molecule has 3 heteroatoms. The average molecular weight is 616 g/mol. The Kier molecular flexibility index (Phi) is 3.75. The van der Waals surface area contributed by atoms with E-state index in [0.717, 1.165) is 0 Å². The molecule has 3 aliphatic carbocycles. The minimum Gasteiger partial charge on any atom is -0.310 e. The molecule has 0 N–H and O–H groups in total. The molecule has 226 valence electrons. The summed E-state index contributed by atoms with van der Waals surface area (Å²) in [5.74, 6) is 0.633. The van der Waals surface area contributed by atoms with E-state index in [2.05, 4.69) is 157 Å². The summed E-state index contributed by atoms with van der Waals surface area (Å²) in [5, 5.41) is 5.53. The van der Waals surface area contributed by atoms with Gasteiger partial charge in [0.2, 0.25) is 11.4 Å². The Hall–Kier alpha value is -5.28. The van der Waals surface area contributed by atoms with Crippen LogP contribution in [0.2, 0.25) is 0 Å². The average Bonchev–Trinajstić information content (AvgIpc) is 3.83. The van der Waals surface area contributed by atoms with E-state index in [1.165, 1.54) is 94.5 Å². The van der Waals surface area contributed by atoms with Crippen LogP contribution in [0.15, 0.2) is 116 Å². The molecule has 6 aliphatic rings. The predicted octanol–water partition coefficient (Wildman–Crippen LogP) is 9.37. The fourth-order valence-electron chi connectivity index (χ4n) is 11.7. The SMILES string of the molecule is CC1(C)c2ccc3c4c2-c2c5c1cccc5cc[n+]2C12C4C1c1c(ccc4c1-c1c5c(cccc5cc[n+]12)C4(C)C)N3c1ccccc1. The van der Waals surface area contributed by atoms with Gasteiger partial charge in [-0.25, -0.2) is 0 Å². The number of anilines is 3. The second kappa shape index (κ2) is 7.24. The van der Waals surface area contributed by atoms with Crippen molar-refractivity contribution in [1.82, 2.24) is 0 Å². The summed E-state index contributed by atoms with van der Waals surface area (Å²) in [5.41, 5.74) is 18.1. The maximum atomic E-state index is 2.75. The molecule has 2 atom stereocenters. The molecule has 5 aromatic carbocycles. The molecule has 0 bridgehead atoms. The summed E-state index contributed by atoms with van der Waals surface area (Å²) < 4.78 is 5.50. The lowest BCUT2D eigenvalue weighted by Gasteiger charge is -2.41. The van der Waals surface area contributed by atoms with E-state index in [4.69, 9.17) is 0 Å². The van der Waals surface area contributed by atoms with E-state index in [0.29, 0.717) is 11.8 Å². The molecule has 0 amide bonds. The van der Waals surface area contributed by atoms with E-state index >= 15 is 0 Å². The summed E-state index contributed by atoms with van der Waals surface area (Å²) in [6.45, 7) is 9.77. The van der Waals surface area contributed by atoms with Crippen LogP contribution in [0.5, 0.6) is 0 Å². The van der Waals surface area contributed by atoms with Crippen molar-refractivity contribution < 1.29 is 9.13 Å². The fraction of sp³-hybridized carbons (Fsp3) is 0.200. The number of aromatic nitrogens is 2. The third kappa shape index (κ3) is 2.26. The van der Waals surface area contributed by atoms with Gasteiger partial charge in [0.1, 0.15) is 11.8 Å². The van der Waals surface area contributed by atoms with Crippen molar-refractivity contribution in [3.8, 4) is 22.5 Å². The van der Waals surface area contributed by atoms with Crippen LogP contribution in [-0.2, 0) is 16.5 Å². The highest BCUT2D eigenvalue weighted by atomic mass is 15.4. The first-order valence-electron chi connectivity index (χ1n) is 17.5. The Morgan fingerprint density at radius 2 is 1.00 bits per heavy atom. The van der Waals surface area contributed by atoms with Crippen molar-refractivity contribution in [2.45, 2.75) is 56.0 Å². The quantitative estimate of drug-likeness (QED) is 0.168. The molecule has 3 nitrogen and oxygen atoms in total. The Balaban J connectivity index is 1.32. The summed E-state index contributed by atoms with van der Waals surface area (Å²) in [6, 6.07) is 39.7. The van der Waals surface area contributed by atoms with Crippen molar-refractivity contribution in [3.63, 3.8) is 0 Å². The Bertz CT molecular complexity index is 2580. The van der Waals surface area contributed by atoms with Gasteiger partial charge in [0.15, 0.2) is 12.4 Å². The van der Waals surface area contributed by atoms with Crippen LogP contribution in [0.25, 0.3) is 44.1 Å². The molecule has 5 heterocycles. The van der Waals surface area contributed by atoms with Gasteiger partial charge in [0.25, 0.3) is 0 Å². The lowest BCUT2D eigenvalue weighted by molar-refractivity contribution is -0.961. The van der Waals surface area contributed by atoms with E-state index in [-0.39, 0.29) is 16.5 Å². The standard InChI is InChI=1S/C45H33N3/c1-43(2)27-14-8-10-24-20-22-46-41(33(24)27)35-29(43)16-18-31-37(35)39-40-38-32(48(31)26-12-6-5-7-13-26)19-17-30-36(38)42-34-25(21-23-47(42)45(39,40)46)11-9-15-28(34)44(30,3)4/h5-23,39-40H,1-4H3/q+2. The number of para-hydroxylation sites is 1. The highest BCUT2D eigenvalue weighted by molar-refractivity contribution is 6.07. The molecule has 13 rings (SSSR count). The maximum Gasteiger partial charge on any atom is 0.378 e. The van der Waals surface area contributed by atoms with Crippen molar-refractivity contribution in [2.75, 3.05) is 4.90 Å². The summed E-state index contributed by atoms with van der Waals surface area (Å²) in [7, 11) is 0. The fourth-order valence-corrected chi connectivity index (χ4v) is 11.7. The van der Waals surface area contributed by atoms with Crippen molar-refractivity contribution in [2.24, 2.45) is 0 Å². The minimum absolute atomic E-state index is 0.112. The van der Waals surface area contributed by atoms with Crippen LogP contribution in [0.1, 0.15) is 72.9 Å². The van der Waals surface area contributed by atoms with Gasteiger partial charge in [0, 0.05) is 39.8 Å². The molecule has 1 spiro atoms. The third-order valence-electron chi connectivity index (χ3n) is 13.6. The molecule has 2 aromatic heterocycles. The molecule has 1 fully saturated rings. The Labute approximate surface area is 279 Å². The van der Waals surface area contributed by atoms with Gasteiger partial charge in [-0.15, -0.1) is 9.13 Å². The zero-order valence-corrected chi connectivity index (χ0v) is 27.5. The number of nitrogens with zero attached hydrogens (tertiary/aromatic N) is 3. The van der Waals surface area contributed by atoms with Crippen molar-refractivity contribution in [1.29, 1.82) is 0 Å². The molecule has 0 radical (unpaired) electrons. The monoisotopic (exact) mass is 615 g/mol. The topological polar surface area (TPSA) is 11.0 Å². The van der Waals surface area contributed by atoms with Crippen LogP contribution in [-0.4, -0.2) is 0 Å². The van der Waals surface area contributed by atoms with Crippen LogP contribution < -0.4 is 14.0 Å². The zero-order valence-electron chi connectivity index (χ0n) is 27.5. The first-order chi connectivity index (χ1) is 23.4. The van der Waals surface area contributed by atoms with Crippen LogP contribution in [0.4, 0.5) is 17.1 Å². The summed E-state index contributed by atoms with van der Waals surface area (Å²) in [6.07, 6.45) is 4.89. The van der Waals surface area contributed by atoms with Gasteiger partial charge in [-0.3, -0.25) is 0 Å². The van der Waals surface area contributed by atoms with Gasteiger partial charge >= 0.3 is 5.66 Å². The number of pyridine rings is 2. The molecule has 7 aromatic rings. The minimum atomic E-state index is -0.250. The normalized spacial score (nSPS) is 23.8. The second-order valence-corrected chi connectivity index (χ2v) is 16.1. The number of hydrogen-bond acceptors (Lipinski definition) is 1. The second-order valence-electron chi connectivity index (χ2n) is 16.1. The number of benzene rings is 5. The van der Waals surface area contributed by atoms with Gasteiger partial charge < -0.3 is 4.90 Å². The molecular weight excluding hydrogens is 583 g/mol. The van der Waals surface area contributed by atoms with Crippen LogP contribution in [0, 0.1) is 0 Å². The highest BCUT2D eigenvalue weighted by Gasteiger charge is 2.89. The van der Waals surface area contributed by atoms with Crippen molar-refractivity contribution in [3.05, 3.63) is 149 Å². The smallest absolute Gasteiger partial charge is 0.310 e. The van der Waals surface area contributed by atoms with Crippen molar-refractivity contribution >= 4 is 38.6 Å². The number of hydrogen-bond donors (Lipinski definition) is 0. The van der Waals surface area contributed by atoms with E-state index in [9.17, 15) is 0 Å². The molecule has 2 unspecified atom stereocenters. The number of rotatable bonds is 1. The largest absolute Gasteiger partial charge is 0.378 e. The van der Waals surface area contributed by atoms with Crippen LogP contribution in [0.3, 0.4) is 0 Å². The summed E-state index contributed by atoms with van der Waals surface area (Å²) >= 11 is 0. The van der Waals surface area contributed by atoms with Gasteiger partial charge in [-0.1, -0.05) is 94.4 Å². The first kappa shape index (κ1) is 24.8. The van der Waals surface area contributed by atoms with E-state index in [1.54, 1.807) is 0 Å². The molecular formula is C45H33N3+2. The third-order valence-corrected chi connectivity index (χ3v) is 13.6. The molecule has 0 saturated heterocycles. The van der Waals surface area contributed by atoms with Gasteiger partial charge in [0.05, 0.1) is 33.3 Å². The zero-order chi connectivity index (χ0) is 31.6. The van der Waals surface area contributed by atoms with Crippen LogP contribution >= 0.6 is 0 Å². The maximum absolute atomic E-state index is 2.75. The van der Waals surface area contributed by atoms with Gasteiger partial charge in [-0.05, 0) is 57.3 Å². The Morgan fingerprint density at radius 1 is 0.500 bits per heavy atom. The van der Waals surface area contributed by atoms with Gasteiger partial charge in [-0.2, -0.15) is 0 Å².